The molecule has 0 aromatic heterocycles. The maximum atomic E-state index is 10.6. The van der Waals surface area contributed by atoms with Crippen molar-refractivity contribution in [2.75, 3.05) is 12.8 Å². The molecule has 2 aromatic carbocycles. The van der Waals surface area contributed by atoms with Gasteiger partial charge < -0.3 is 15.6 Å². The van der Waals surface area contributed by atoms with Crippen molar-refractivity contribution in [2.45, 2.75) is 20.0 Å². The molecule has 0 spiro atoms. The number of hydrogen-bond donors (Lipinski definition) is 2. The second kappa shape index (κ2) is 5.73. The highest BCUT2D eigenvalue weighted by molar-refractivity contribution is 6.30. The van der Waals surface area contributed by atoms with Gasteiger partial charge in [-0.25, -0.2) is 0 Å². The van der Waals surface area contributed by atoms with Gasteiger partial charge >= 0.3 is 0 Å². The lowest BCUT2D eigenvalue weighted by Gasteiger charge is -2.20. The smallest absolute Gasteiger partial charge is 0.125 e. The Bertz CT molecular complexity index is 641. The first-order valence-electron chi connectivity index (χ1n) is 6.32. The molecule has 0 amide bonds. The van der Waals surface area contributed by atoms with Crippen LogP contribution in [0.2, 0.25) is 5.02 Å². The van der Waals surface area contributed by atoms with Gasteiger partial charge in [0.05, 0.1) is 7.11 Å². The number of ether oxygens (including phenoxy) is 1. The van der Waals surface area contributed by atoms with E-state index in [1.165, 1.54) is 0 Å². The molecule has 0 bridgehead atoms. The summed E-state index contributed by atoms with van der Waals surface area (Å²) in [6.45, 7) is 3.93. The highest BCUT2D eigenvalue weighted by Crippen LogP contribution is 2.36. The van der Waals surface area contributed by atoms with Gasteiger partial charge in [-0.1, -0.05) is 23.7 Å². The van der Waals surface area contributed by atoms with Crippen LogP contribution in [0.4, 0.5) is 5.69 Å². The topological polar surface area (TPSA) is 55.5 Å². The van der Waals surface area contributed by atoms with Crippen molar-refractivity contribution in [2.24, 2.45) is 0 Å². The standard InChI is InChI=1S/C16H18ClNO2/c1-9-6-10(2)15(14(7-9)20-3)16(19)12-5-4-11(17)8-13(12)18/h4-8,16,19H,18H2,1-3H3. The van der Waals surface area contributed by atoms with Gasteiger partial charge in [0.15, 0.2) is 0 Å². The first-order valence-corrected chi connectivity index (χ1v) is 6.70. The van der Waals surface area contributed by atoms with Crippen molar-refractivity contribution in [1.29, 1.82) is 0 Å². The lowest BCUT2D eigenvalue weighted by Crippen LogP contribution is -2.08. The normalized spacial score (nSPS) is 12.2. The molecule has 2 aromatic rings. The van der Waals surface area contributed by atoms with E-state index in [4.69, 9.17) is 22.1 Å². The molecule has 2 rings (SSSR count). The monoisotopic (exact) mass is 291 g/mol. The van der Waals surface area contributed by atoms with Crippen LogP contribution < -0.4 is 10.5 Å². The van der Waals surface area contributed by atoms with E-state index in [1.807, 2.05) is 26.0 Å². The molecule has 0 aliphatic carbocycles. The van der Waals surface area contributed by atoms with Crippen molar-refractivity contribution < 1.29 is 9.84 Å². The average molecular weight is 292 g/mol. The van der Waals surface area contributed by atoms with E-state index in [0.717, 1.165) is 16.7 Å². The SMILES string of the molecule is COc1cc(C)cc(C)c1C(O)c1ccc(Cl)cc1N. The Morgan fingerprint density at radius 3 is 2.50 bits per heavy atom. The molecule has 0 radical (unpaired) electrons. The average Bonchev–Trinajstić information content (AvgIpc) is 2.37. The van der Waals surface area contributed by atoms with E-state index in [0.29, 0.717) is 22.0 Å². The van der Waals surface area contributed by atoms with E-state index >= 15 is 0 Å². The van der Waals surface area contributed by atoms with Crippen LogP contribution in [0, 0.1) is 13.8 Å². The maximum Gasteiger partial charge on any atom is 0.125 e. The van der Waals surface area contributed by atoms with Gasteiger partial charge in [-0.2, -0.15) is 0 Å². The minimum absolute atomic E-state index is 0.465. The van der Waals surface area contributed by atoms with Crippen molar-refractivity contribution in [3.8, 4) is 5.75 Å². The molecular weight excluding hydrogens is 274 g/mol. The molecule has 0 fully saturated rings. The molecular formula is C16H18ClNO2. The number of benzene rings is 2. The van der Waals surface area contributed by atoms with Gasteiger partial charge in [0.1, 0.15) is 11.9 Å². The van der Waals surface area contributed by atoms with E-state index in [1.54, 1.807) is 25.3 Å². The molecule has 3 N–H and O–H groups in total. The number of halogens is 1. The first kappa shape index (κ1) is 14.7. The van der Waals surface area contributed by atoms with Crippen LogP contribution in [-0.4, -0.2) is 12.2 Å². The van der Waals surface area contributed by atoms with Gasteiger partial charge in [0.25, 0.3) is 0 Å². The van der Waals surface area contributed by atoms with E-state index in [9.17, 15) is 5.11 Å². The summed E-state index contributed by atoms with van der Waals surface area (Å²) in [5.74, 6) is 0.657. The van der Waals surface area contributed by atoms with Crippen molar-refractivity contribution in [3.05, 3.63) is 57.6 Å². The number of methoxy groups -OCH3 is 1. The van der Waals surface area contributed by atoms with E-state index in [-0.39, 0.29) is 0 Å². The summed E-state index contributed by atoms with van der Waals surface area (Å²) in [6.07, 6.45) is -0.845. The van der Waals surface area contributed by atoms with Crippen molar-refractivity contribution in [3.63, 3.8) is 0 Å². The molecule has 106 valence electrons. The zero-order chi connectivity index (χ0) is 14.9. The Kier molecular flexibility index (Phi) is 4.21. The molecule has 0 saturated carbocycles. The molecule has 0 heterocycles. The Morgan fingerprint density at radius 1 is 1.20 bits per heavy atom. The second-order valence-corrected chi connectivity index (χ2v) is 5.31. The number of hydrogen-bond acceptors (Lipinski definition) is 3. The third-order valence-corrected chi connectivity index (χ3v) is 3.57. The van der Waals surface area contributed by atoms with Crippen LogP contribution in [0.1, 0.15) is 28.4 Å². The predicted molar refractivity (Wildman–Crippen MR) is 82.4 cm³/mol. The van der Waals surface area contributed by atoms with Crippen molar-refractivity contribution >= 4 is 17.3 Å². The third-order valence-electron chi connectivity index (χ3n) is 3.33. The number of rotatable bonds is 3. The minimum Gasteiger partial charge on any atom is -0.496 e. The maximum absolute atomic E-state index is 10.6. The largest absolute Gasteiger partial charge is 0.496 e. The highest BCUT2D eigenvalue weighted by Gasteiger charge is 2.20. The lowest BCUT2D eigenvalue weighted by molar-refractivity contribution is 0.214. The quantitative estimate of drug-likeness (QED) is 0.849. The number of aliphatic hydroxyl groups excluding tert-OH is 1. The summed E-state index contributed by atoms with van der Waals surface area (Å²) in [5.41, 5.74) is 9.81. The number of aliphatic hydroxyl groups is 1. The predicted octanol–water partition coefficient (Wildman–Crippen LogP) is 3.63. The molecule has 20 heavy (non-hydrogen) atoms. The van der Waals surface area contributed by atoms with Crippen LogP contribution in [0.15, 0.2) is 30.3 Å². The van der Waals surface area contributed by atoms with Gasteiger partial charge in [0, 0.05) is 21.8 Å². The molecule has 0 saturated heterocycles. The third kappa shape index (κ3) is 2.74. The Morgan fingerprint density at radius 2 is 1.90 bits per heavy atom. The van der Waals surface area contributed by atoms with Gasteiger partial charge in [-0.3, -0.25) is 0 Å². The summed E-state index contributed by atoms with van der Waals surface area (Å²) in [6, 6.07) is 8.99. The van der Waals surface area contributed by atoms with E-state index in [2.05, 4.69) is 0 Å². The van der Waals surface area contributed by atoms with Gasteiger partial charge in [0.2, 0.25) is 0 Å². The van der Waals surface area contributed by atoms with Crippen LogP contribution >= 0.6 is 11.6 Å². The molecule has 0 aliphatic rings. The fraction of sp³-hybridized carbons (Fsp3) is 0.250. The summed E-state index contributed by atoms with van der Waals surface area (Å²) in [7, 11) is 1.59. The van der Waals surface area contributed by atoms with Crippen LogP contribution in [0.5, 0.6) is 5.75 Å². The zero-order valence-corrected chi connectivity index (χ0v) is 12.5. The molecule has 4 heteroatoms. The molecule has 0 aliphatic heterocycles. The lowest BCUT2D eigenvalue weighted by atomic mass is 9.94. The Labute approximate surface area is 123 Å². The van der Waals surface area contributed by atoms with Gasteiger partial charge in [-0.05, 0) is 43.2 Å². The Balaban J connectivity index is 2.55. The fourth-order valence-electron chi connectivity index (χ4n) is 2.41. The van der Waals surface area contributed by atoms with E-state index < -0.39 is 6.10 Å². The molecule has 1 unspecified atom stereocenters. The minimum atomic E-state index is -0.845. The number of nitrogen functional groups attached to an aromatic ring is 1. The van der Waals surface area contributed by atoms with Gasteiger partial charge in [-0.15, -0.1) is 0 Å². The molecule has 1 atom stereocenters. The molecule has 3 nitrogen and oxygen atoms in total. The number of aryl methyl sites for hydroxylation is 2. The summed E-state index contributed by atoms with van der Waals surface area (Å²) in [4.78, 5) is 0. The van der Waals surface area contributed by atoms with Crippen LogP contribution in [-0.2, 0) is 0 Å². The zero-order valence-electron chi connectivity index (χ0n) is 11.8. The highest BCUT2D eigenvalue weighted by atomic mass is 35.5. The van der Waals surface area contributed by atoms with Crippen LogP contribution in [0.3, 0.4) is 0 Å². The Hall–Kier alpha value is -1.71. The number of anilines is 1. The fourth-order valence-corrected chi connectivity index (χ4v) is 2.59. The van der Waals surface area contributed by atoms with Crippen molar-refractivity contribution in [1.82, 2.24) is 0 Å². The first-order chi connectivity index (χ1) is 9.43. The number of nitrogens with two attached hydrogens (primary N) is 1. The summed E-state index contributed by atoms with van der Waals surface area (Å²) >= 11 is 5.89. The summed E-state index contributed by atoms with van der Waals surface area (Å²) < 4.78 is 5.39. The second-order valence-electron chi connectivity index (χ2n) is 4.87. The summed E-state index contributed by atoms with van der Waals surface area (Å²) in [5, 5.41) is 11.2. The van der Waals surface area contributed by atoms with Crippen LogP contribution in [0.25, 0.3) is 0 Å².